The third-order valence-corrected chi connectivity index (χ3v) is 7.23. The van der Waals surface area contributed by atoms with E-state index in [4.69, 9.17) is 0 Å². The Kier molecular flexibility index (Phi) is 7.50. The van der Waals surface area contributed by atoms with Crippen LogP contribution in [0.2, 0.25) is 0 Å². The Bertz CT molecular complexity index is 1050. The molecule has 3 aromatic rings. The Balaban J connectivity index is 1.24. The van der Waals surface area contributed by atoms with Gasteiger partial charge in [0.15, 0.2) is 9.47 Å². The molecule has 0 saturated carbocycles. The molecule has 13 heteroatoms. The van der Waals surface area contributed by atoms with Gasteiger partial charge in [-0.25, -0.2) is 14.8 Å². The van der Waals surface area contributed by atoms with E-state index in [0.29, 0.717) is 29.0 Å². The first-order chi connectivity index (χ1) is 15.6. The van der Waals surface area contributed by atoms with Crippen LogP contribution in [0.25, 0.3) is 0 Å². The van der Waals surface area contributed by atoms with Crippen molar-refractivity contribution in [1.29, 1.82) is 0 Å². The minimum Gasteiger partial charge on any atom is -0.353 e. The predicted molar refractivity (Wildman–Crippen MR) is 128 cm³/mol. The first-order valence-corrected chi connectivity index (χ1v) is 12.7. The predicted octanol–water partition coefficient (Wildman–Crippen LogP) is 3.04. The van der Waals surface area contributed by atoms with E-state index in [2.05, 4.69) is 35.7 Å². The lowest BCUT2D eigenvalue weighted by Crippen LogP contribution is -2.50. The first-order valence-electron chi connectivity index (χ1n) is 10.0. The fourth-order valence-corrected chi connectivity index (χ4v) is 5.43. The smallest absolute Gasteiger partial charge is 0.323 e. The molecular formula is C19H22N8O2S3. The number of urea groups is 1. The summed E-state index contributed by atoms with van der Waals surface area (Å²) in [5.74, 6) is 1.60. The highest BCUT2D eigenvalue weighted by Gasteiger charge is 2.22. The number of piperazine rings is 1. The van der Waals surface area contributed by atoms with Gasteiger partial charge >= 0.3 is 6.03 Å². The van der Waals surface area contributed by atoms with Crippen molar-refractivity contribution in [3.05, 3.63) is 35.5 Å². The van der Waals surface area contributed by atoms with Crippen molar-refractivity contribution < 1.29 is 9.59 Å². The Morgan fingerprint density at radius 3 is 2.72 bits per heavy atom. The molecule has 4 rings (SSSR count). The van der Waals surface area contributed by atoms with Crippen LogP contribution in [0, 0.1) is 0 Å². The van der Waals surface area contributed by atoms with Crippen molar-refractivity contribution >= 4 is 62.5 Å². The number of aromatic nitrogens is 4. The number of hydrogen-bond donors (Lipinski definition) is 2. The number of hydrogen-bond acceptors (Lipinski definition) is 10. The van der Waals surface area contributed by atoms with Crippen molar-refractivity contribution in [1.82, 2.24) is 25.1 Å². The van der Waals surface area contributed by atoms with Gasteiger partial charge in [-0.3, -0.25) is 10.1 Å². The number of carbonyl (C=O) groups is 2. The molecule has 3 aromatic heterocycles. The number of carbonyl (C=O) groups excluding carboxylic acids is 2. The molecule has 1 saturated heterocycles. The fraction of sp³-hybridized carbons (Fsp3) is 0.368. The standard InChI is InChI=1S/C19H22N8O2S3/c1-2-30-19-25-24-17(32-19)22-15(28)11-13-12-31-16(21-13)23-18(29)27-9-7-26(8-10-27)14-5-3-4-6-20-14/h3-6,12H,2,7-11H2,1H3,(H,21,23,29)(H,22,24,28). The molecule has 0 bridgehead atoms. The van der Waals surface area contributed by atoms with Gasteiger partial charge in [0, 0.05) is 37.8 Å². The largest absolute Gasteiger partial charge is 0.353 e. The highest BCUT2D eigenvalue weighted by Crippen LogP contribution is 2.25. The van der Waals surface area contributed by atoms with E-state index >= 15 is 0 Å². The van der Waals surface area contributed by atoms with Crippen molar-refractivity contribution in [3.8, 4) is 0 Å². The van der Waals surface area contributed by atoms with Crippen molar-refractivity contribution in [2.75, 3.05) is 47.5 Å². The lowest BCUT2D eigenvalue weighted by molar-refractivity contribution is -0.115. The summed E-state index contributed by atoms with van der Waals surface area (Å²) in [4.78, 5) is 37.5. The van der Waals surface area contributed by atoms with E-state index in [-0.39, 0.29) is 18.4 Å². The van der Waals surface area contributed by atoms with Gasteiger partial charge < -0.3 is 15.1 Å². The third-order valence-electron chi connectivity index (χ3n) is 4.57. The molecule has 1 fully saturated rings. The lowest BCUT2D eigenvalue weighted by Gasteiger charge is -2.35. The number of rotatable bonds is 7. The minimum absolute atomic E-state index is 0.102. The summed E-state index contributed by atoms with van der Waals surface area (Å²) in [6.45, 7) is 4.67. The number of thioether (sulfide) groups is 1. The van der Waals surface area contributed by atoms with Crippen LogP contribution >= 0.6 is 34.4 Å². The summed E-state index contributed by atoms with van der Waals surface area (Å²) in [5.41, 5.74) is 0.593. The average Bonchev–Trinajstić information content (AvgIpc) is 3.43. The van der Waals surface area contributed by atoms with Gasteiger partial charge in [-0.15, -0.1) is 21.5 Å². The van der Waals surface area contributed by atoms with Gasteiger partial charge in [-0.05, 0) is 17.9 Å². The summed E-state index contributed by atoms with van der Waals surface area (Å²) < 4.78 is 0.822. The normalized spacial score (nSPS) is 13.8. The molecule has 0 spiro atoms. The molecule has 0 atom stereocenters. The van der Waals surface area contributed by atoms with E-state index in [1.165, 1.54) is 22.7 Å². The maximum absolute atomic E-state index is 12.6. The average molecular weight is 491 g/mol. The van der Waals surface area contributed by atoms with Crippen LogP contribution in [0.15, 0.2) is 34.1 Å². The number of pyridine rings is 1. The van der Waals surface area contributed by atoms with E-state index in [1.807, 2.05) is 25.1 Å². The van der Waals surface area contributed by atoms with Gasteiger partial charge in [0.25, 0.3) is 0 Å². The monoisotopic (exact) mass is 490 g/mol. The van der Waals surface area contributed by atoms with Crippen LogP contribution in [0.4, 0.5) is 20.9 Å². The molecule has 1 aliphatic rings. The van der Waals surface area contributed by atoms with Gasteiger partial charge in [0.2, 0.25) is 11.0 Å². The Morgan fingerprint density at radius 2 is 1.97 bits per heavy atom. The molecule has 0 aromatic carbocycles. The van der Waals surface area contributed by atoms with Crippen LogP contribution in [0.3, 0.4) is 0 Å². The zero-order valence-electron chi connectivity index (χ0n) is 17.4. The van der Waals surface area contributed by atoms with Crippen molar-refractivity contribution in [2.45, 2.75) is 17.7 Å². The maximum atomic E-state index is 12.6. The molecular weight excluding hydrogens is 468 g/mol. The number of amides is 3. The quantitative estimate of drug-likeness (QED) is 0.383. The summed E-state index contributed by atoms with van der Waals surface area (Å²) in [6.07, 6.45) is 1.87. The van der Waals surface area contributed by atoms with Crippen molar-refractivity contribution in [2.24, 2.45) is 0 Å². The first kappa shape index (κ1) is 22.4. The van der Waals surface area contributed by atoms with Gasteiger partial charge in [0.1, 0.15) is 5.82 Å². The second kappa shape index (κ2) is 10.7. The molecule has 32 heavy (non-hydrogen) atoms. The number of nitrogens with zero attached hydrogens (tertiary/aromatic N) is 6. The summed E-state index contributed by atoms with van der Waals surface area (Å²) in [5, 5.41) is 16.3. The molecule has 0 aliphatic carbocycles. The Labute approximate surface area is 197 Å². The zero-order chi connectivity index (χ0) is 22.3. The van der Waals surface area contributed by atoms with Crippen LogP contribution < -0.4 is 15.5 Å². The van der Waals surface area contributed by atoms with Crippen LogP contribution in [-0.2, 0) is 11.2 Å². The number of thiazole rings is 1. The van der Waals surface area contributed by atoms with E-state index in [9.17, 15) is 9.59 Å². The summed E-state index contributed by atoms with van der Waals surface area (Å²) in [7, 11) is 0. The van der Waals surface area contributed by atoms with Gasteiger partial charge in [-0.2, -0.15) is 0 Å². The van der Waals surface area contributed by atoms with Crippen LogP contribution in [0.5, 0.6) is 0 Å². The van der Waals surface area contributed by atoms with E-state index in [1.54, 1.807) is 28.2 Å². The maximum Gasteiger partial charge on any atom is 0.323 e. The molecule has 3 amide bonds. The number of anilines is 3. The van der Waals surface area contributed by atoms with Gasteiger partial charge in [-0.1, -0.05) is 36.1 Å². The molecule has 0 unspecified atom stereocenters. The Morgan fingerprint density at radius 1 is 1.12 bits per heavy atom. The van der Waals surface area contributed by atoms with E-state index in [0.717, 1.165) is 29.0 Å². The molecule has 168 valence electrons. The lowest BCUT2D eigenvalue weighted by atomic mass is 10.3. The molecule has 1 aliphatic heterocycles. The molecule has 2 N–H and O–H groups in total. The van der Waals surface area contributed by atoms with Crippen LogP contribution in [-0.4, -0.2) is 68.9 Å². The van der Waals surface area contributed by atoms with Gasteiger partial charge in [0.05, 0.1) is 12.1 Å². The SMILES string of the molecule is CCSc1nnc(NC(=O)Cc2csc(NC(=O)N3CCN(c4ccccn4)CC3)n2)s1. The zero-order valence-corrected chi connectivity index (χ0v) is 19.8. The fourth-order valence-electron chi connectivity index (χ4n) is 3.07. The number of nitrogens with one attached hydrogen (secondary N) is 2. The molecule has 0 radical (unpaired) electrons. The second-order valence-electron chi connectivity index (χ2n) is 6.77. The second-order valence-corrected chi connectivity index (χ2v) is 10.1. The Hall–Kier alpha value is -2.77. The highest BCUT2D eigenvalue weighted by atomic mass is 32.2. The summed E-state index contributed by atoms with van der Waals surface area (Å²) >= 11 is 4.22. The summed E-state index contributed by atoms with van der Waals surface area (Å²) in [6, 6.07) is 5.62. The van der Waals surface area contributed by atoms with E-state index < -0.39 is 0 Å². The third kappa shape index (κ3) is 5.93. The van der Waals surface area contributed by atoms with Crippen molar-refractivity contribution in [3.63, 3.8) is 0 Å². The topological polar surface area (TPSA) is 116 Å². The van der Waals surface area contributed by atoms with Crippen LogP contribution in [0.1, 0.15) is 12.6 Å². The minimum atomic E-state index is -0.219. The molecule has 10 nitrogen and oxygen atoms in total. The molecule has 4 heterocycles. The highest BCUT2D eigenvalue weighted by molar-refractivity contribution is 8.01.